The van der Waals surface area contributed by atoms with E-state index in [0.717, 1.165) is 28.9 Å². The second-order valence-electron chi connectivity index (χ2n) is 5.02. The van der Waals surface area contributed by atoms with Gasteiger partial charge < -0.3 is 19.3 Å². The summed E-state index contributed by atoms with van der Waals surface area (Å²) < 4.78 is 11.0. The molecule has 1 aromatic heterocycles. The van der Waals surface area contributed by atoms with Crippen LogP contribution < -0.4 is 0 Å². The van der Waals surface area contributed by atoms with Gasteiger partial charge in [0.25, 0.3) is 0 Å². The van der Waals surface area contributed by atoms with Crippen molar-refractivity contribution in [3.63, 3.8) is 0 Å². The molecule has 1 aliphatic rings. The van der Waals surface area contributed by atoms with Crippen molar-refractivity contribution in [3.05, 3.63) is 41.6 Å². The third-order valence-corrected chi connectivity index (χ3v) is 3.70. The van der Waals surface area contributed by atoms with Gasteiger partial charge in [-0.1, -0.05) is 23.4 Å². The van der Waals surface area contributed by atoms with Crippen LogP contribution in [0.1, 0.15) is 17.2 Å². The highest BCUT2D eigenvalue weighted by Gasteiger charge is 2.26. The number of carboxylic acid groups (broad SMARTS) is 1. The number of benzene rings is 1. The number of hydrogen-bond donors (Lipinski definition) is 1. The average molecular weight is 288 g/mol. The molecule has 0 fully saturated rings. The van der Waals surface area contributed by atoms with Crippen LogP contribution in [0.25, 0.3) is 11.3 Å². The van der Waals surface area contributed by atoms with Crippen LogP contribution in [0, 0.1) is 0 Å². The molecular formula is C15H16N2O4. The van der Waals surface area contributed by atoms with Gasteiger partial charge in [-0.15, -0.1) is 0 Å². The molecule has 0 saturated heterocycles. The number of fused-ring (bicyclic) bond motifs is 1. The summed E-state index contributed by atoms with van der Waals surface area (Å²) in [6.45, 7) is 0.873. The molecule has 0 aliphatic carbocycles. The van der Waals surface area contributed by atoms with E-state index in [4.69, 9.17) is 14.4 Å². The zero-order chi connectivity index (χ0) is 14.8. The molecule has 2 aromatic rings. The Labute approximate surface area is 121 Å². The normalized spacial score (nSPS) is 17.3. The van der Waals surface area contributed by atoms with Crippen LogP contribution in [0.5, 0.6) is 0 Å². The van der Waals surface area contributed by atoms with Crippen LogP contribution in [0.15, 0.2) is 35.0 Å². The third kappa shape index (κ3) is 2.62. The number of aromatic nitrogens is 1. The van der Waals surface area contributed by atoms with Crippen LogP contribution >= 0.6 is 0 Å². The largest absolute Gasteiger partial charge is 0.465 e. The fraction of sp³-hybridized carbons (Fsp3) is 0.333. The monoisotopic (exact) mass is 288 g/mol. The van der Waals surface area contributed by atoms with E-state index in [1.54, 1.807) is 13.2 Å². The molecule has 1 atom stereocenters. The fourth-order valence-corrected chi connectivity index (χ4v) is 2.64. The fourth-order valence-electron chi connectivity index (χ4n) is 2.64. The molecular weight excluding hydrogens is 272 g/mol. The average Bonchev–Trinajstić information content (AvgIpc) is 3.01. The lowest BCUT2D eigenvalue weighted by Gasteiger charge is -2.29. The lowest BCUT2D eigenvalue weighted by molar-refractivity contribution is 0.0225. The van der Waals surface area contributed by atoms with Gasteiger partial charge in [-0.05, 0) is 17.5 Å². The second-order valence-corrected chi connectivity index (χ2v) is 5.02. The van der Waals surface area contributed by atoms with Gasteiger partial charge in [-0.3, -0.25) is 0 Å². The molecule has 1 aromatic carbocycles. The highest BCUT2D eigenvalue weighted by molar-refractivity contribution is 5.66. The Bertz CT molecular complexity index is 639. The Kier molecular flexibility index (Phi) is 3.62. The van der Waals surface area contributed by atoms with E-state index in [1.165, 1.54) is 4.90 Å². The number of carbonyl (C=O) groups is 1. The van der Waals surface area contributed by atoms with Gasteiger partial charge in [-0.2, -0.15) is 0 Å². The maximum absolute atomic E-state index is 11.0. The van der Waals surface area contributed by atoms with Gasteiger partial charge in [-0.25, -0.2) is 4.79 Å². The summed E-state index contributed by atoms with van der Waals surface area (Å²) in [5.41, 5.74) is 3.16. The molecule has 0 bridgehead atoms. The predicted octanol–water partition coefficient (Wildman–Crippen LogP) is 2.57. The van der Waals surface area contributed by atoms with E-state index in [0.29, 0.717) is 13.2 Å². The van der Waals surface area contributed by atoms with Crippen molar-refractivity contribution < 1.29 is 19.2 Å². The minimum atomic E-state index is -0.961. The summed E-state index contributed by atoms with van der Waals surface area (Å²) in [4.78, 5) is 12.2. The van der Waals surface area contributed by atoms with E-state index in [1.807, 2.05) is 24.3 Å². The number of rotatable bonds is 3. The zero-order valence-electron chi connectivity index (χ0n) is 11.7. The molecule has 1 unspecified atom stereocenters. The quantitative estimate of drug-likeness (QED) is 0.939. The van der Waals surface area contributed by atoms with Gasteiger partial charge in [0.1, 0.15) is 6.10 Å². The van der Waals surface area contributed by atoms with Crippen molar-refractivity contribution in [2.75, 3.05) is 20.2 Å². The molecule has 6 heteroatoms. The lowest BCUT2D eigenvalue weighted by atomic mass is 9.91. The van der Waals surface area contributed by atoms with Crippen LogP contribution in [-0.2, 0) is 11.2 Å². The van der Waals surface area contributed by atoms with Crippen LogP contribution in [-0.4, -0.2) is 41.5 Å². The number of hydrogen-bond acceptors (Lipinski definition) is 4. The smallest absolute Gasteiger partial charge is 0.407 e. The van der Waals surface area contributed by atoms with Gasteiger partial charge in [0.15, 0.2) is 5.76 Å². The van der Waals surface area contributed by atoms with Crippen LogP contribution in [0.4, 0.5) is 4.79 Å². The van der Waals surface area contributed by atoms with Gasteiger partial charge in [0, 0.05) is 18.7 Å². The number of amides is 1. The molecule has 3 rings (SSSR count). The van der Waals surface area contributed by atoms with E-state index in [2.05, 4.69) is 5.16 Å². The van der Waals surface area contributed by atoms with Crippen molar-refractivity contribution >= 4 is 6.09 Å². The Balaban J connectivity index is 1.95. The van der Waals surface area contributed by atoms with Crippen molar-refractivity contribution in [2.24, 2.45) is 0 Å². The Morgan fingerprint density at radius 3 is 3.05 bits per heavy atom. The molecule has 2 heterocycles. The van der Waals surface area contributed by atoms with E-state index in [-0.39, 0.29) is 6.10 Å². The molecule has 1 amide bonds. The van der Waals surface area contributed by atoms with Crippen molar-refractivity contribution in [3.8, 4) is 11.3 Å². The maximum atomic E-state index is 11.0. The topological polar surface area (TPSA) is 75.8 Å². The minimum Gasteiger partial charge on any atom is -0.465 e. The van der Waals surface area contributed by atoms with Gasteiger partial charge in [0.2, 0.25) is 0 Å². The van der Waals surface area contributed by atoms with Crippen molar-refractivity contribution in [1.29, 1.82) is 0 Å². The summed E-state index contributed by atoms with van der Waals surface area (Å²) in [6.07, 6.45) is 1.18. The molecule has 1 aliphatic heterocycles. The summed E-state index contributed by atoms with van der Waals surface area (Å²) in [5.74, 6) is 0.721. The van der Waals surface area contributed by atoms with Gasteiger partial charge >= 0.3 is 6.09 Å². The molecule has 6 nitrogen and oxygen atoms in total. The van der Waals surface area contributed by atoms with Crippen LogP contribution in [0.3, 0.4) is 0 Å². The highest BCUT2D eigenvalue weighted by atomic mass is 16.5. The molecule has 21 heavy (non-hydrogen) atoms. The molecule has 0 saturated carbocycles. The zero-order valence-corrected chi connectivity index (χ0v) is 11.7. The number of nitrogens with zero attached hydrogens (tertiary/aromatic N) is 2. The van der Waals surface area contributed by atoms with E-state index < -0.39 is 6.09 Å². The highest BCUT2D eigenvalue weighted by Crippen LogP contribution is 2.34. The SMILES string of the molecule is CN(CC1OCCc2c(-c3ccno3)cccc21)C(=O)O. The number of likely N-dealkylation sites (N-methyl/N-ethyl adjacent to an activating group) is 1. The van der Waals surface area contributed by atoms with E-state index >= 15 is 0 Å². The Morgan fingerprint density at radius 1 is 1.48 bits per heavy atom. The lowest BCUT2D eigenvalue weighted by Crippen LogP contribution is -2.32. The summed E-state index contributed by atoms with van der Waals surface area (Å²) in [6, 6.07) is 7.72. The standard InChI is InChI=1S/C15H16N2O4/c1-17(15(18)19)9-14-12-4-2-3-11(10(12)6-8-20-14)13-5-7-16-21-13/h2-5,7,14H,6,8-9H2,1H3,(H,18,19). The summed E-state index contributed by atoms with van der Waals surface area (Å²) >= 11 is 0. The van der Waals surface area contributed by atoms with Crippen molar-refractivity contribution in [2.45, 2.75) is 12.5 Å². The molecule has 0 spiro atoms. The summed E-state index contributed by atoms with van der Waals surface area (Å²) in [5, 5.41) is 12.8. The Morgan fingerprint density at radius 2 is 2.33 bits per heavy atom. The third-order valence-electron chi connectivity index (χ3n) is 3.70. The molecule has 0 radical (unpaired) electrons. The summed E-state index contributed by atoms with van der Waals surface area (Å²) in [7, 11) is 1.54. The predicted molar refractivity (Wildman–Crippen MR) is 75.0 cm³/mol. The number of ether oxygens (including phenoxy) is 1. The minimum absolute atomic E-state index is 0.252. The van der Waals surface area contributed by atoms with Crippen LogP contribution in [0.2, 0.25) is 0 Å². The molecule has 110 valence electrons. The maximum Gasteiger partial charge on any atom is 0.407 e. The van der Waals surface area contributed by atoms with E-state index in [9.17, 15) is 4.79 Å². The van der Waals surface area contributed by atoms with Crippen molar-refractivity contribution in [1.82, 2.24) is 10.1 Å². The molecule has 1 N–H and O–H groups in total. The first-order valence-electron chi connectivity index (χ1n) is 6.75. The first kappa shape index (κ1) is 13.6. The Hall–Kier alpha value is -2.34. The first-order chi connectivity index (χ1) is 10.2. The van der Waals surface area contributed by atoms with Gasteiger partial charge in [0.05, 0.1) is 19.3 Å². The first-order valence-corrected chi connectivity index (χ1v) is 6.75. The second kappa shape index (κ2) is 5.57.